The van der Waals surface area contributed by atoms with Crippen LogP contribution < -0.4 is 4.90 Å². The molecule has 63 heavy (non-hydrogen) atoms. The summed E-state index contributed by atoms with van der Waals surface area (Å²) in [6.45, 7) is 13.5. The number of fused-ring (bicyclic) bond motifs is 9. The van der Waals surface area contributed by atoms with E-state index in [1.807, 2.05) is 17.4 Å². The van der Waals surface area contributed by atoms with E-state index in [4.69, 9.17) is 11.6 Å². The Balaban J connectivity index is 1.36. The lowest BCUT2D eigenvalue weighted by atomic mass is 9.88. The number of hydrogen-bond acceptors (Lipinski definition) is 3. The molecule has 1 aliphatic carbocycles. The first kappa shape index (κ1) is 40.0. The van der Waals surface area contributed by atoms with E-state index in [0.717, 1.165) is 70.9 Å². The van der Waals surface area contributed by atoms with Crippen molar-refractivity contribution in [3.05, 3.63) is 234 Å². The number of nitrogens with zero attached hydrogens (tertiary/aromatic N) is 2. The van der Waals surface area contributed by atoms with E-state index >= 15 is 0 Å². The van der Waals surface area contributed by atoms with Crippen LogP contribution in [0.2, 0.25) is 0 Å². The Kier molecular flexibility index (Phi) is 11.0. The molecular formula is C60H50N2S. The molecule has 0 saturated carbocycles. The Labute approximate surface area is 375 Å². The van der Waals surface area contributed by atoms with Crippen LogP contribution in [0.1, 0.15) is 55.5 Å². The second-order valence-electron chi connectivity index (χ2n) is 16.5. The standard InChI is InChI=1S/C60H50N2S/c1-5-7-23-41(4)62(54-34-16-10-13-26-43(54)22-6-2)55-39-52-49-32-20-18-30-47(49)46-29-17-19-31-48(46)51(52)38-53(55)50-33-21-35-56-57(50)59-60(63-56)45(42-24-11-8-12-25-42)37-36-40(3)58(61-59)44-27-14-9-15-28-44/h6-15,17-21,23-35,37-40H,2,4-5,16,22,36H2,1,3H3/b23-7-,45-37+,61-58?. The summed E-state index contributed by atoms with van der Waals surface area (Å²) in [5.74, 6) is 0.201. The van der Waals surface area contributed by atoms with E-state index in [-0.39, 0.29) is 5.92 Å². The maximum absolute atomic E-state index is 5.85. The average molecular weight is 831 g/mol. The van der Waals surface area contributed by atoms with Crippen LogP contribution in [0.25, 0.3) is 59.1 Å². The molecule has 0 amide bonds. The Hall–Kier alpha value is -7.07. The first-order valence-electron chi connectivity index (χ1n) is 22.2. The molecule has 0 fully saturated rings. The highest BCUT2D eigenvalue weighted by molar-refractivity contribution is 7.21. The zero-order chi connectivity index (χ0) is 42.9. The van der Waals surface area contributed by atoms with Gasteiger partial charge in [0.15, 0.2) is 0 Å². The minimum absolute atomic E-state index is 0.201. The molecule has 2 nitrogen and oxygen atoms in total. The first-order valence-corrected chi connectivity index (χ1v) is 23.0. The lowest BCUT2D eigenvalue weighted by Crippen LogP contribution is -2.22. The second kappa shape index (κ2) is 17.4. The lowest BCUT2D eigenvalue weighted by molar-refractivity contribution is 0.791. The van der Waals surface area contributed by atoms with Gasteiger partial charge in [0.2, 0.25) is 0 Å². The van der Waals surface area contributed by atoms with E-state index in [1.54, 1.807) is 0 Å². The van der Waals surface area contributed by atoms with Crippen molar-refractivity contribution >= 4 is 76.4 Å². The van der Waals surface area contributed by atoms with Crippen LogP contribution in [0.3, 0.4) is 0 Å². The molecule has 8 aromatic rings. The van der Waals surface area contributed by atoms with Gasteiger partial charge in [0.25, 0.3) is 0 Å². The predicted molar refractivity (Wildman–Crippen MR) is 276 cm³/mol. The van der Waals surface area contributed by atoms with Crippen LogP contribution in [0.4, 0.5) is 11.4 Å². The third-order valence-electron chi connectivity index (χ3n) is 12.5. The van der Waals surface area contributed by atoms with Gasteiger partial charge in [-0.15, -0.1) is 17.9 Å². The molecule has 0 spiro atoms. The number of thiophene rings is 1. The highest BCUT2D eigenvalue weighted by atomic mass is 32.1. The molecular weight excluding hydrogens is 781 g/mol. The van der Waals surface area contributed by atoms with Crippen molar-refractivity contribution in [3.63, 3.8) is 0 Å². The number of anilines is 1. The third kappa shape index (κ3) is 7.33. The maximum atomic E-state index is 5.85. The predicted octanol–water partition coefficient (Wildman–Crippen LogP) is 17.3. The molecule has 1 unspecified atom stereocenters. The van der Waals surface area contributed by atoms with Gasteiger partial charge in [0, 0.05) is 33.0 Å². The topological polar surface area (TPSA) is 15.6 Å². The minimum Gasteiger partial charge on any atom is -0.310 e. The Morgan fingerprint density at radius 3 is 2.08 bits per heavy atom. The molecule has 306 valence electrons. The van der Waals surface area contributed by atoms with Crippen molar-refractivity contribution in [2.75, 3.05) is 4.90 Å². The summed E-state index contributed by atoms with van der Waals surface area (Å²) in [7, 11) is 0. The van der Waals surface area contributed by atoms with Gasteiger partial charge in [-0.25, -0.2) is 0 Å². The SMILES string of the molecule is C=CCC1=CC=CCC=C1N(C(=C)/C=C\CC)c1cc2c3ccccc3c3ccccc3c2cc1-c1cccc2sc3c(c12)N=C(c1ccccc1)C(C)C/C=C/3c1ccccc1. The normalized spacial score (nSPS) is 16.2. The largest absolute Gasteiger partial charge is 0.310 e. The van der Waals surface area contributed by atoms with Crippen molar-refractivity contribution in [2.24, 2.45) is 10.9 Å². The Bertz CT molecular complexity index is 3280. The number of aliphatic imine (C=N–C) groups is 1. The van der Waals surface area contributed by atoms with Crippen LogP contribution in [0.5, 0.6) is 0 Å². The fourth-order valence-electron chi connectivity index (χ4n) is 9.53. The van der Waals surface area contributed by atoms with E-state index in [9.17, 15) is 0 Å². The smallest absolute Gasteiger partial charge is 0.0904 e. The molecule has 0 saturated heterocycles. The van der Waals surface area contributed by atoms with Crippen molar-refractivity contribution in [2.45, 2.75) is 39.5 Å². The van der Waals surface area contributed by atoms with Crippen LogP contribution in [0.15, 0.2) is 223 Å². The van der Waals surface area contributed by atoms with Gasteiger partial charge >= 0.3 is 0 Å². The molecule has 0 bridgehead atoms. The average Bonchev–Trinajstić information content (AvgIpc) is 3.53. The van der Waals surface area contributed by atoms with Gasteiger partial charge in [0.1, 0.15) is 0 Å². The lowest BCUT2D eigenvalue weighted by Gasteiger charge is -2.32. The van der Waals surface area contributed by atoms with Crippen molar-refractivity contribution < 1.29 is 0 Å². The zero-order valence-electron chi connectivity index (χ0n) is 36.0. The fourth-order valence-corrected chi connectivity index (χ4v) is 10.8. The monoisotopic (exact) mass is 830 g/mol. The van der Waals surface area contributed by atoms with Crippen LogP contribution >= 0.6 is 11.3 Å². The molecule has 1 atom stereocenters. The summed E-state index contributed by atoms with van der Waals surface area (Å²) < 4.78 is 1.21. The minimum atomic E-state index is 0.201. The molecule has 1 aliphatic heterocycles. The highest BCUT2D eigenvalue weighted by Crippen LogP contribution is 2.52. The van der Waals surface area contributed by atoms with E-state index in [0.29, 0.717) is 0 Å². The molecule has 2 aliphatic rings. The Morgan fingerprint density at radius 2 is 1.40 bits per heavy atom. The van der Waals surface area contributed by atoms with Gasteiger partial charge in [-0.05, 0) is 110 Å². The van der Waals surface area contributed by atoms with Gasteiger partial charge in [0.05, 0.1) is 22.0 Å². The van der Waals surface area contributed by atoms with Gasteiger partial charge < -0.3 is 4.90 Å². The second-order valence-corrected chi connectivity index (χ2v) is 17.6. The summed E-state index contributed by atoms with van der Waals surface area (Å²) in [6, 6.07) is 51.1. The quantitative estimate of drug-likeness (QED) is 0.0762. The van der Waals surface area contributed by atoms with Gasteiger partial charge in [-0.1, -0.05) is 184 Å². The fraction of sp³-hybridized carbons (Fsp3) is 0.117. The van der Waals surface area contributed by atoms with E-state index in [2.05, 4.69) is 207 Å². The molecule has 1 aromatic heterocycles. The summed E-state index contributed by atoms with van der Waals surface area (Å²) in [6.07, 6.45) is 21.2. The van der Waals surface area contributed by atoms with Crippen molar-refractivity contribution in [3.8, 4) is 11.1 Å². The highest BCUT2D eigenvalue weighted by Gasteiger charge is 2.28. The maximum Gasteiger partial charge on any atom is 0.0904 e. The molecule has 10 rings (SSSR count). The van der Waals surface area contributed by atoms with Crippen LogP contribution in [-0.2, 0) is 0 Å². The number of hydrogen-bond donors (Lipinski definition) is 0. The summed E-state index contributed by atoms with van der Waals surface area (Å²) >= 11 is 1.85. The zero-order valence-corrected chi connectivity index (χ0v) is 36.8. The number of benzene rings is 7. The molecule has 0 N–H and O–H groups in total. The van der Waals surface area contributed by atoms with Crippen LogP contribution in [0, 0.1) is 5.92 Å². The number of allylic oxidation sites excluding steroid dienone is 9. The molecule has 2 heterocycles. The van der Waals surface area contributed by atoms with Crippen molar-refractivity contribution in [1.82, 2.24) is 0 Å². The number of rotatable bonds is 10. The first-order chi connectivity index (χ1) is 31.0. The molecule has 0 radical (unpaired) electrons. The van der Waals surface area contributed by atoms with Crippen molar-refractivity contribution in [1.29, 1.82) is 0 Å². The van der Waals surface area contributed by atoms with Crippen LogP contribution in [-0.4, -0.2) is 5.71 Å². The Morgan fingerprint density at radius 1 is 0.746 bits per heavy atom. The van der Waals surface area contributed by atoms with Gasteiger partial charge in [-0.3, -0.25) is 4.99 Å². The summed E-state index contributed by atoms with van der Waals surface area (Å²) in [5.41, 5.74) is 12.3. The van der Waals surface area contributed by atoms with E-state index < -0.39 is 0 Å². The third-order valence-corrected chi connectivity index (χ3v) is 13.7. The summed E-state index contributed by atoms with van der Waals surface area (Å²) in [4.78, 5) is 9.46. The van der Waals surface area contributed by atoms with E-state index in [1.165, 1.54) is 64.0 Å². The molecule has 3 heteroatoms. The van der Waals surface area contributed by atoms with Gasteiger partial charge in [-0.2, -0.15) is 0 Å². The molecule has 7 aromatic carbocycles. The summed E-state index contributed by atoms with van der Waals surface area (Å²) in [5, 5.41) is 8.57.